The van der Waals surface area contributed by atoms with Crippen molar-refractivity contribution in [2.75, 3.05) is 13.3 Å². The molecule has 0 bridgehead atoms. The molecule has 1 rings (SSSR count). The highest BCUT2D eigenvalue weighted by Crippen LogP contribution is 2.32. The Balaban J connectivity index is 3.45. The molecule has 0 atom stereocenters. The molecule has 4 heteroatoms. The van der Waals surface area contributed by atoms with E-state index in [9.17, 15) is 10.1 Å². The summed E-state index contributed by atoms with van der Waals surface area (Å²) in [6, 6.07) is 3.43. The van der Waals surface area contributed by atoms with E-state index in [0.717, 1.165) is 16.4 Å². The number of rotatable bonds is 2. The smallest absolute Gasteiger partial charge is 0.258 e. The van der Waals surface area contributed by atoms with Crippen molar-refractivity contribution in [2.24, 2.45) is 0 Å². The number of nitro groups is 1. The summed E-state index contributed by atoms with van der Waals surface area (Å²) >= 11 is 0. The number of aryl methyl sites for hydroxylation is 1. The van der Waals surface area contributed by atoms with Crippen LogP contribution in [-0.4, -0.2) is 18.3 Å². The Morgan fingerprint density at radius 2 is 1.86 bits per heavy atom. The molecule has 1 aromatic carbocycles. The second kappa shape index (κ2) is 4.05. The zero-order chi connectivity index (χ0) is 10.9. The van der Waals surface area contributed by atoms with Gasteiger partial charge in [0.25, 0.3) is 5.69 Å². The third-order valence-electron chi connectivity index (χ3n) is 2.32. The second-order valence-electron chi connectivity index (χ2n) is 3.53. The summed E-state index contributed by atoms with van der Waals surface area (Å²) in [7, 11) is -0.428. The molecule has 0 saturated carbocycles. The van der Waals surface area contributed by atoms with Gasteiger partial charge in [-0.2, -0.15) is 0 Å². The van der Waals surface area contributed by atoms with E-state index >= 15 is 0 Å². The van der Waals surface area contributed by atoms with Crippen LogP contribution in [-0.2, 0) is 0 Å². The maximum atomic E-state index is 10.8. The van der Waals surface area contributed by atoms with Crippen LogP contribution in [0.5, 0.6) is 0 Å². The predicted octanol–water partition coefficient (Wildman–Crippen LogP) is 2.58. The van der Waals surface area contributed by atoms with E-state index in [4.69, 9.17) is 0 Å². The SMILES string of the molecule is Cc1ccc([N+](=O)[O-])c(P(C)C)c1C. The monoisotopic (exact) mass is 211 g/mol. The molecule has 0 unspecified atom stereocenters. The molecule has 1 aromatic rings. The summed E-state index contributed by atoms with van der Waals surface area (Å²) in [6.07, 6.45) is 0. The minimum atomic E-state index is -0.428. The zero-order valence-corrected chi connectivity index (χ0v) is 9.76. The molecule has 3 nitrogen and oxygen atoms in total. The van der Waals surface area contributed by atoms with Crippen molar-refractivity contribution in [3.8, 4) is 0 Å². The van der Waals surface area contributed by atoms with Crippen LogP contribution in [0.3, 0.4) is 0 Å². The number of hydrogen-bond acceptors (Lipinski definition) is 2. The lowest BCUT2D eigenvalue weighted by Gasteiger charge is -2.12. The summed E-state index contributed by atoms with van der Waals surface area (Å²) in [4.78, 5) is 10.5. The van der Waals surface area contributed by atoms with Gasteiger partial charge in [0.15, 0.2) is 0 Å². The van der Waals surface area contributed by atoms with Gasteiger partial charge in [-0.1, -0.05) is 14.0 Å². The molecule has 0 aliphatic heterocycles. The second-order valence-corrected chi connectivity index (χ2v) is 5.76. The van der Waals surface area contributed by atoms with Gasteiger partial charge in [-0.05, 0) is 38.3 Å². The lowest BCUT2D eigenvalue weighted by molar-refractivity contribution is -0.383. The first-order valence-corrected chi connectivity index (χ1v) is 6.60. The molecule has 0 aliphatic carbocycles. The van der Waals surface area contributed by atoms with E-state index in [-0.39, 0.29) is 10.6 Å². The van der Waals surface area contributed by atoms with Gasteiger partial charge in [-0.15, -0.1) is 0 Å². The molecule has 0 N–H and O–H groups in total. The lowest BCUT2D eigenvalue weighted by Crippen LogP contribution is -2.12. The van der Waals surface area contributed by atoms with Gasteiger partial charge >= 0.3 is 0 Å². The average molecular weight is 211 g/mol. The fraction of sp³-hybridized carbons (Fsp3) is 0.400. The van der Waals surface area contributed by atoms with Crippen LogP contribution in [0.15, 0.2) is 12.1 Å². The van der Waals surface area contributed by atoms with Crippen LogP contribution >= 0.6 is 7.92 Å². The van der Waals surface area contributed by atoms with Gasteiger partial charge < -0.3 is 0 Å². The predicted molar refractivity (Wildman–Crippen MR) is 61.0 cm³/mol. The standard InChI is InChI=1S/C10H14NO2P/c1-7-5-6-9(11(12)13)10(8(7)2)14(3)4/h5-6H,1-4H3. The van der Waals surface area contributed by atoms with Crippen molar-refractivity contribution in [1.82, 2.24) is 0 Å². The average Bonchev–Trinajstić information content (AvgIpc) is 2.08. The van der Waals surface area contributed by atoms with Crippen molar-refractivity contribution < 1.29 is 4.92 Å². The molecule has 0 aromatic heterocycles. The Hall–Kier alpha value is -0.950. The minimum absolute atomic E-state index is 0.268. The largest absolute Gasteiger partial charge is 0.277 e. The Bertz CT molecular complexity index is 375. The van der Waals surface area contributed by atoms with Crippen molar-refractivity contribution in [3.63, 3.8) is 0 Å². The Morgan fingerprint density at radius 3 is 2.29 bits per heavy atom. The number of nitro benzene ring substituents is 1. The zero-order valence-electron chi connectivity index (χ0n) is 8.87. The van der Waals surface area contributed by atoms with Crippen LogP contribution in [0.25, 0.3) is 0 Å². The highest BCUT2D eigenvalue weighted by Gasteiger charge is 2.19. The molecule has 76 valence electrons. The summed E-state index contributed by atoms with van der Waals surface area (Å²) in [5.74, 6) is 0. The maximum Gasteiger partial charge on any atom is 0.277 e. The van der Waals surface area contributed by atoms with Gasteiger partial charge in [0.05, 0.1) is 10.2 Å². The summed E-state index contributed by atoms with van der Waals surface area (Å²) in [5.41, 5.74) is 2.46. The van der Waals surface area contributed by atoms with Crippen LogP contribution in [0.2, 0.25) is 0 Å². The van der Waals surface area contributed by atoms with Crippen molar-refractivity contribution >= 4 is 18.9 Å². The molecule has 0 radical (unpaired) electrons. The normalized spacial score (nSPS) is 10.6. The van der Waals surface area contributed by atoms with Crippen LogP contribution in [0.4, 0.5) is 5.69 Å². The molecule has 0 amide bonds. The summed E-state index contributed by atoms with van der Waals surface area (Å²) in [5, 5.41) is 11.7. The van der Waals surface area contributed by atoms with Gasteiger partial charge in [-0.25, -0.2) is 0 Å². The van der Waals surface area contributed by atoms with Gasteiger partial charge in [0.2, 0.25) is 0 Å². The van der Waals surface area contributed by atoms with E-state index < -0.39 is 7.92 Å². The molecule has 0 heterocycles. The van der Waals surface area contributed by atoms with E-state index in [0.29, 0.717) is 0 Å². The molecular weight excluding hydrogens is 197 g/mol. The fourth-order valence-electron chi connectivity index (χ4n) is 1.50. The fourth-order valence-corrected chi connectivity index (χ4v) is 2.96. The lowest BCUT2D eigenvalue weighted by atomic mass is 10.1. The van der Waals surface area contributed by atoms with E-state index in [1.165, 1.54) is 0 Å². The quantitative estimate of drug-likeness (QED) is 0.428. The molecular formula is C10H14NO2P. The summed E-state index contributed by atoms with van der Waals surface area (Å²) < 4.78 is 0. The maximum absolute atomic E-state index is 10.8. The highest BCUT2D eigenvalue weighted by atomic mass is 31.1. The first-order valence-electron chi connectivity index (χ1n) is 4.37. The first kappa shape index (κ1) is 11.1. The van der Waals surface area contributed by atoms with Crippen molar-refractivity contribution in [1.29, 1.82) is 0 Å². The number of hydrogen-bond donors (Lipinski definition) is 0. The summed E-state index contributed by atoms with van der Waals surface area (Å²) in [6.45, 7) is 8.04. The van der Waals surface area contributed by atoms with Crippen molar-refractivity contribution in [2.45, 2.75) is 13.8 Å². The van der Waals surface area contributed by atoms with Gasteiger partial charge in [0, 0.05) is 6.07 Å². The van der Waals surface area contributed by atoms with E-state index in [1.807, 2.05) is 33.2 Å². The molecule has 14 heavy (non-hydrogen) atoms. The van der Waals surface area contributed by atoms with Crippen LogP contribution in [0.1, 0.15) is 11.1 Å². The third kappa shape index (κ3) is 1.93. The third-order valence-corrected chi connectivity index (χ3v) is 3.78. The van der Waals surface area contributed by atoms with Crippen LogP contribution in [0, 0.1) is 24.0 Å². The molecule has 0 fully saturated rings. The van der Waals surface area contributed by atoms with Gasteiger partial charge in [-0.3, -0.25) is 10.1 Å². The van der Waals surface area contributed by atoms with E-state index in [1.54, 1.807) is 6.07 Å². The Morgan fingerprint density at radius 1 is 1.29 bits per heavy atom. The number of benzene rings is 1. The van der Waals surface area contributed by atoms with Crippen LogP contribution < -0.4 is 5.30 Å². The van der Waals surface area contributed by atoms with E-state index in [2.05, 4.69) is 0 Å². The Kier molecular flexibility index (Phi) is 3.22. The van der Waals surface area contributed by atoms with Gasteiger partial charge in [0.1, 0.15) is 0 Å². The van der Waals surface area contributed by atoms with Crippen molar-refractivity contribution in [3.05, 3.63) is 33.4 Å². The Labute approximate surface area is 85.0 Å². The highest BCUT2D eigenvalue weighted by molar-refractivity contribution is 7.64. The number of nitrogens with zero attached hydrogens (tertiary/aromatic N) is 1. The molecule has 0 spiro atoms. The minimum Gasteiger partial charge on any atom is -0.258 e. The first-order chi connectivity index (χ1) is 6.45. The molecule has 0 aliphatic rings. The topological polar surface area (TPSA) is 43.1 Å². The molecule has 0 saturated heterocycles.